The van der Waals surface area contributed by atoms with Crippen molar-refractivity contribution in [2.24, 2.45) is 22.7 Å². The normalized spacial score (nSPS) is 31.7. The third kappa shape index (κ3) is 3.43. The van der Waals surface area contributed by atoms with Crippen LogP contribution in [-0.4, -0.2) is 69.7 Å². The average Bonchev–Trinajstić information content (AvgIpc) is 3.52. The van der Waals surface area contributed by atoms with E-state index in [1.54, 1.807) is 12.3 Å². The van der Waals surface area contributed by atoms with E-state index in [0.717, 1.165) is 37.7 Å². The summed E-state index contributed by atoms with van der Waals surface area (Å²) in [5, 5.41) is 3.38. The molecule has 176 valence electrons. The summed E-state index contributed by atoms with van der Waals surface area (Å²) >= 11 is 0. The molecule has 2 fully saturated rings. The molecule has 7 nitrogen and oxygen atoms in total. The molecule has 1 N–H and O–H groups in total. The number of fused-ring (bicyclic) bond motifs is 2. The molecule has 5 atom stereocenters. The van der Waals surface area contributed by atoms with Crippen molar-refractivity contribution < 1.29 is 9.18 Å². The second-order valence-corrected chi connectivity index (χ2v) is 9.87. The van der Waals surface area contributed by atoms with E-state index >= 15 is 0 Å². The summed E-state index contributed by atoms with van der Waals surface area (Å²) in [6, 6.07) is 3.03. The summed E-state index contributed by atoms with van der Waals surface area (Å²) in [6.45, 7) is 7.41. The largest absolute Gasteiger partial charge is 0.380 e. The van der Waals surface area contributed by atoms with E-state index in [4.69, 9.17) is 4.99 Å². The van der Waals surface area contributed by atoms with E-state index in [-0.39, 0.29) is 23.7 Å². The number of likely N-dealkylation sites (tertiary alicyclic amines) is 2. The lowest BCUT2D eigenvalue weighted by atomic mass is 9.90. The van der Waals surface area contributed by atoms with E-state index in [0.29, 0.717) is 17.4 Å². The number of hydrogen-bond acceptors (Lipinski definition) is 6. The second kappa shape index (κ2) is 8.11. The molecule has 1 aromatic heterocycles. The van der Waals surface area contributed by atoms with Crippen molar-refractivity contribution in [3.63, 3.8) is 0 Å². The lowest BCUT2D eigenvalue weighted by Gasteiger charge is -2.32. The van der Waals surface area contributed by atoms with Crippen LogP contribution in [0.1, 0.15) is 19.5 Å². The molecule has 5 aliphatic heterocycles. The lowest BCUT2D eigenvalue weighted by Crippen LogP contribution is -2.46. The Morgan fingerprint density at radius 1 is 1.18 bits per heavy atom. The highest BCUT2D eigenvalue weighted by atomic mass is 19.1. The zero-order valence-electron chi connectivity index (χ0n) is 19.4. The van der Waals surface area contributed by atoms with Gasteiger partial charge in [0.25, 0.3) is 0 Å². The van der Waals surface area contributed by atoms with E-state index < -0.39 is 11.7 Å². The summed E-state index contributed by atoms with van der Waals surface area (Å²) in [6.07, 6.45) is 13.3. The third-order valence-electron chi connectivity index (χ3n) is 7.63. The number of allylic oxidation sites excluding steroid dienone is 3. The standard InChI is InChI=1S/C26H29FN6O/c1-16-10-29-17(2)25(30-16)32-11-18-13-33(14-19(18)12-32)26(34)23-20(24-21(27)6-5-8-28-24)15-31-9-4-3-7-22(23)31/h3-10,15,17-19,22-23,29H,11-14H2,1-2H3/t17?,18-,19+,22?,23?. The number of carbonyl (C=O) groups is 1. The van der Waals surface area contributed by atoms with Crippen LogP contribution in [0.4, 0.5) is 4.39 Å². The van der Waals surface area contributed by atoms with Crippen LogP contribution in [-0.2, 0) is 4.79 Å². The highest BCUT2D eigenvalue weighted by Gasteiger charge is 2.48. The molecule has 5 aliphatic rings. The maximum absolute atomic E-state index is 14.7. The summed E-state index contributed by atoms with van der Waals surface area (Å²) in [5.74, 6) is 1.13. The van der Waals surface area contributed by atoms with Crippen LogP contribution in [0.25, 0.3) is 5.57 Å². The predicted molar refractivity (Wildman–Crippen MR) is 128 cm³/mol. The minimum atomic E-state index is -0.472. The zero-order chi connectivity index (χ0) is 23.4. The summed E-state index contributed by atoms with van der Waals surface area (Å²) in [5.41, 5.74) is 1.91. The minimum absolute atomic E-state index is 0.0634. The van der Waals surface area contributed by atoms with Crippen molar-refractivity contribution in [2.75, 3.05) is 26.2 Å². The number of hydrogen-bond donors (Lipinski definition) is 1. The van der Waals surface area contributed by atoms with Gasteiger partial charge in [0.05, 0.1) is 23.7 Å². The number of amides is 1. The fourth-order valence-corrected chi connectivity index (χ4v) is 5.98. The maximum atomic E-state index is 14.7. The van der Waals surface area contributed by atoms with E-state index in [1.165, 1.54) is 6.07 Å². The number of aliphatic imine (C=N–C) groups is 1. The van der Waals surface area contributed by atoms with Gasteiger partial charge in [0.1, 0.15) is 17.3 Å². The number of nitrogens with one attached hydrogen (secondary N) is 1. The first-order valence-electron chi connectivity index (χ1n) is 12.0. The van der Waals surface area contributed by atoms with Crippen LogP contribution in [0.2, 0.25) is 0 Å². The highest BCUT2D eigenvalue weighted by Crippen LogP contribution is 2.41. The van der Waals surface area contributed by atoms with E-state index in [1.807, 2.05) is 53.6 Å². The molecule has 6 heterocycles. The number of rotatable bonds is 2. The van der Waals surface area contributed by atoms with Crippen LogP contribution in [0.5, 0.6) is 0 Å². The Labute approximate surface area is 199 Å². The zero-order valence-corrected chi connectivity index (χ0v) is 19.4. The van der Waals surface area contributed by atoms with Crippen molar-refractivity contribution in [3.05, 3.63) is 72.4 Å². The first-order chi connectivity index (χ1) is 16.5. The molecule has 8 heteroatoms. The predicted octanol–water partition coefficient (Wildman–Crippen LogP) is 2.59. The van der Waals surface area contributed by atoms with Gasteiger partial charge in [-0.05, 0) is 32.1 Å². The Morgan fingerprint density at radius 2 is 1.97 bits per heavy atom. The molecule has 0 aliphatic carbocycles. The Balaban J connectivity index is 1.21. The third-order valence-corrected chi connectivity index (χ3v) is 7.63. The number of pyridine rings is 1. The number of nitrogens with zero attached hydrogens (tertiary/aromatic N) is 5. The van der Waals surface area contributed by atoms with Gasteiger partial charge in [-0.3, -0.25) is 9.78 Å². The van der Waals surface area contributed by atoms with Gasteiger partial charge in [-0.2, -0.15) is 0 Å². The Hall–Kier alpha value is -3.42. The van der Waals surface area contributed by atoms with Gasteiger partial charge in [-0.15, -0.1) is 0 Å². The van der Waals surface area contributed by atoms with Crippen LogP contribution in [0.15, 0.2) is 65.8 Å². The first kappa shape index (κ1) is 21.1. The van der Waals surface area contributed by atoms with Crippen LogP contribution in [0.3, 0.4) is 0 Å². The van der Waals surface area contributed by atoms with Crippen molar-refractivity contribution in [1.82, 2.24) is 25.0 Å². The highest BCUT2D eigenvalue weighted by molar-refractivity contribution is 5.94. The van der Waals surface area contributed by atoms with Gasteiger partial charge >= 0.3 is 0 Å². The maximum Gasteiger partial charge on any atom is 0.232 e. The minimum Gasteiger partial charge on any atom is -0.380 e. The molecule has 0 saturated carbocycles. The van der Waals surface area contributed by atoms with Crippen LogP contribution in [0, 0.1) is 23.6 Å². The molecule has 0 aromatic carbocycles. The molecule has 0 radical (unpaired) electrons. The number of aromatic nitrogens is 1. The molecule has 0 spiro atoms. The van der Waals surface area contributed by atoms with E-state index in [2.05, 4.69) is 22.1 Å². The molecule has 1 aromatic rings. The molecule has 1 amide bonds. The van der Waals surface area contributed by atoms with Gasteiger partial charge in [0, 0.05) is 68.4 Å². The second-order valence-electron chi connectivity index (χ2n) is 9.87. The summed E-state index contributed by atoms with van der Waals surface area (Å²) in [7, 11) is 0. The molecular weight excluding hydrogens is 431 g/mol. The number of halogens is 1. The van der Waals surface area contributed by atoms with Crippen molar-refractivity contribution >= 4 is 17.3 Å². The summed E-state index contributed by atoms with van der Waals surface area (Å²) in [4.78, 5) is 29.3. The van der Waals surface area contributed by atoms with Gasteiger partial charge in [0.2, 0.25) is 5.91 Å². The molecule has 2 saturated heterocycles. The van der Waals surface area contributed by atoms with Crippen molar-refractivity contribution in [2.45, 2.75) is 25.9 Å². The van der Waals surface area contributed by atoms with Gasteiger partial charge < -0.3 is 20.0 Å². The molecule has 0 bridgehead atoms. The Morgan fingerprint density at radius 3 is 2.74 bits per heavy atom. The fourth-order valence-electron chi connectivity index (χ4n) is 5.98. The molecular formula is C26H29FN6O. The summed E-state index contributed by atoms with van der Waals surface area (Å²) < 4.78 is 14.7. The van der Waals surface area contributed by atoms with E-state index in [9.17, 15) is 9.18 Å². The quantitative estimate of drug-likeness (QED) is 0.735. The van der Waals surface area contributed by atoms with Gasteiger partial charge in [-0.25, -0.2) is 9.38 Å². The van der Waals surface area contributed by atoms with Gasteiger partial charge in [0.15, 0.2) is 0 Å². The average molecular weight is 461 g/mol. The van der Waals surface area contributed by atoms with Crippen LogP contribution < -0.4 is 5.32 Å². The van der Waals surface area contributed by atoms with Gasteiger partial charge in [-0.1, -0.05) is 12.2 Å². The molecule has 34 heavy (non-hydrogen) atoms. The lowest BCUT2D eigenvalue weighted by molar-refractivity contribution is -0.133. The number of carbonyl (C=O) groups excluding carboxylic acids is 1. The molecule has 6 rings (SSSR count). The SMILES string of the molecule is CC1=CNC(C)C(N2C[C@H]3CN(C(=O)C4C(c5ncccc5F)=CN5C=CC=CC45)C[C@H]3C2)=N1. The number of amidine groups is 1. The Kier molecular flexibility index (Phi) is 5.04. The molecule has 3 unspecified atom stereocenters. The van der Waals surface area contributed by atoms with Crippen LogP contribution >= 0.6 is 0 Å². The monoisotopic (exact) mass is 460 g/mol. The van der Waals surface area contributed by atoms with Crippen molar-refractivity contribution in [1.29, 1.82) is 0 Å². The first-order valence-corrected chi connectivity index (χ1v) is 12.0. The topological polar surface area (TPSA) is 64.1 Å². The smallest absolute Gasteiger partial charge is 0.232 e. The van der Waals surface area contributed by atoms with Crippen molar-refractivity contribution in [3.8, 4) is 0 Å². The Bertz CT molecular complexity index is 1160. The fraction of sp³-hybridized carbons (Fsp3) is 0.423.